The molecule has 0 N–H and O–H groups in total. The Morgan fingerprint density at radius 1 is 1.00 bits per heavy atom. The molecule has 1 saturated heterocycles. The van der Waals surface area contributed by atoms with E-state index in [-0.39, 0.29) is 5.91 Å². The summed E-state index contributed by atoms with van der Waals surface area (Å²) in [5.74, 6) is -0.999. The van der Waals surface area contributed by atoms with Crippen LogP contribution in [-0.2, 0) is 20.5 Å². The number of fused-ring (bicyclic) bond motifs is 1. The summed E-state index contributed by atoms with van der Waals surface area (Å²) in [5.41, 5.74) is 1.26. The van der Waals surface area contributed by atoms with Gasteiger partial charge < -0.3 is 14.5 Å². The molecule has 2 aromatic carbocycles. The zero-order chi connectivity index (χ0) is 24.1. The summed E-state index contributed by atoms with van der Waals surface area (Å²) < 4.78 is 43.9. The van der Waals surface area contributed by atoms with Gasteiger partial charge in [0.2, 0.25) is 0 Å². The van der Waals surface area contributed by atoms with Crippen LogP contribution in [0.15, 0.2) is 66.9 Å². The molecule has 4 rings (SSSR count). The molecule has 1 aliphatic heterocycles. The van der Waals surface area contributed by atoms with Gasteiger partial charge in [0.25, 0.3) is 5.91 Å². The van der Waals surface area contributed by atoms with E-state index in [1.165, 1.54) is 17.0 Å². The minimum absolute atomic E-state index is 0.324. The van der Waals surface area contributed by atoms with Crippen LogP contribution in [0.5, 0.6) is 0 Å². The third-order valence-corrected chi connectivity index (χ3v) is 5.57. The average molecular weight is 469 g/mol. The summed E-state index contributed by atoms with van der Waals surface area (Å²) in [6, 6.07) is 14.5. The Morgan fingerprint density at radius 3 is 2.50 bits per heavy atom. The Morgan fingerprint density at radius 2 is 1.74 bits per heavy atom. The fraction of sp³-hybridized carbons (Fsp3) is 0.240. The van der Waals surface area contributed by atoms with Crippen molar-refractivity contribution in [3.05, 3.63) is 78.0 Å². The molecule has 0 radical (unpaired) electrons. The number of anilines is 1. The Balaban J connectivity index is 1.27. The Kier molecular flexibility index (Phi) is 6.81. The minimum Gasteiger partial charge on any atom is -0.452 e. The van der Waals surface area contributed by atoms with Crippen molar-refractivity contribution >= 4 is 34.5 Å². The molecular weight excluding hydrogens is 447 g/mol. The van der Waals surface area contributed by atoms with Crippen LogP contribution < -0.4 is 4.90 Å². The Labute approximate surface area is 194 Å². The van der Waals surface area contributed by atoms with Gasteiger partial charge in [0.1, 0.15) is 0 Å². The number of nitrogens with zero attached hydrogens (tertiary/aromatic N) is 3. The first-order valence-corrected chi connectivity index (χ1v) is 10.7. The number of aromatic nitrogens is 1. The van der Waals surface area contributed by atoms with Crippen molar-refractivity contribution in [2.24, 2.45) is 0 Å². The highest BCUT2D eigenvalue weighted by molar-refractivity contribution is 5.93. The van der Waals surface area contributed by atoms with Crippen molar-refractivity contribution in [1.29, 1.82) is 0 Å². The lowest BCUT2D eigenvalue weighted by molar-refractivity contribution is -0.148. The number of amides is 1. The van der Waals surface area contributed by atoms with E-state index in [1.807, 2.05) is 30.3 Å². The van der Waals surface area contributed by atoms with Crippen molar-refractivity contribution in [2.75, 3.05) is 37.7 Å². The number of piperazine rings is 1. The van der Waals surface area contributed by atoms with Gasteiger partial charge in [0.15, 0.2) is 6.61 Å². The molecule has 1 amide bonds. The number of hydrogen-bond donors (Lipinski definition) is 0. The molecule has 0 unspecified atom stereocenters. The van der Waals surface area contributed by atoms with Gasteiger partial charge in [-0.25, -0.2) is 4.79 Å². The number of benzene rings is 2. The molecule has 6 nitrogen and oxygen atoms in total. The molecule has 0 aliphatic carbocycles. The van der Waals surface area contributed by atoms with Crippen LogP contribution in [0.2, 0.25) is 0 Å². The van der Waals surface area contributed by atoms with Crippen LogP contribution in [0, 0.1) is 0 Å². The quantitative estimate of drug-likeness (QED) is 0.415. The number of para-hydroxylation sites is 1. The number of carbonyl (C=O) groups is 2. The number of carbonyl (C=O) groups excluding carboxylic acids is 2. The second kappa shape index (κ2) is 9.94. The van der Waals surface area contributed by atoms with Gasteiger partial charge in [-0.3, -0.25) is 9.78 Å². The van der Waals surface area contributed by atoms with E-state index in [9.17, 15) is 22.8 Å². The third kappa shape index (κ3) is 5.54. The van der Waals surface area contributed by atoms with Crippen molar-refractivity contribution in [3.8, 4) is 0 Å². The monoisotopic (exact) mass is 469 g/mol. The average Bonchev–Trinajstić information content (AvgIpc) is 2.85. The maximum absolute atomic E-state index is 13.0. The molecule has 34 heavy (non-hydrogen) atoms. The molecule has 1 aromatic heterocycles. The van der Waals surface area contributed by atoms with Crippen molar-refractivity contribution in [1.82, 2.24) is 9.88 Å². The normalized spacial score (nSPS) is 14.6. The van der Waals surface area contributed by atoms with E-state index in [4.69, 9.17) is 4.74 Å². The predicted octanol–water partition coefficient (Wildman–Crippen LogP) is 4.16. The Hall–Kier alpha value is -3.88. The number of rotatable bonds is 5. The zero-order valence-electron chi connectivity index (χ0n) is 18.2. The van der Waals surface area contributed by atoms with E-state index in [0.717, 1.165) is 28.6 Å². The van der Waals surface area contributed by atoms with E-state index < -0.39 is 24.3 Å². The highest BCUT2D eigenvalue weighted by Crippen LogP contribution is 2.31. The lowest BCUT2D eigenvalue weighted by Gasteiger charge is -2.36. The first-order chi connectivity index (χ1) is 16.3. The molecular formula is C25H22F3N3O3. The molecule has 0 spiro atoms. The largest absolute Gasteiger partial charge is 0.452 e. The maximum atomic E-state index is 13.0. The second-order valence-corrected chi connectivity index (χ2v) is 7.78. The topological polar surface area (TPSA) is 62.7 Å². The molecule has 2 heterocycles. The number of alkyl halides is 3. The fourth-order valence-corrected chi connectivity index (χ4v) is 3.79. The van der Waals surface area contributed by atoms with Gasteiger partial charge in [-0.15, -0.1) is 0 Å². The maximum Gasteiger partial charge on any atom is 0.416 e. The molecule has 0 atom stereocenters. The van der Waals surface area contributed by atoms with Gasteiger partial charge in [-0.05, 0) is 30.3 Å². The standard InChI is InChI=1S/C25H22F3N3O3/c26-25(27,28)20-7-2-8-21(16-20)30-12-14-31(15-13-30)22(32)17-34-23(33)10-9-19-5-1-4-18-6-3-11-29-24(18)19/h1-11,16H,12-15,17H2/b10-9+. The van der Waals surface area contributed by atoms with Gasteiger partial charge in [-0.2, -0.15) is 13.2 Å². The minimum atomic E-state index is -4.41. The summed E-state index contributed by atoms with van der Waals surface area (Å²) >= 11 is 0. The number of halogens is 3. The first-order valence-electron chi connectivity index (χ1n) is 10.7. The van der Waals surface area contributed by atoms with Crippen molar-refractivity contribution in [2.45, 2.75) is 6.18 Å². The van der Waals surface area contributed by atoms with Gasteiger partial charge in [0.05, 0.1) is 11.1 Å². The number of pyridine rings is 1. The SMILES string of the molecule is O=C(/C=C/c1cccc2cccnc12)OCC(=O)N1CCN(c2cccc(C(F)(F)F)c2)CC1. The van der Waals surface area contributed by atoms with Gasteiger partial charge in [-0.1, -0.05) is 30.3 Å². The van der Waals surface area contributed by atoms with Crippen LogP contribution in [0.25, 0.3) is 17.0 Å². The number of esters is 1. The summed E-state index contributed by atoms with van der Waals surface area (Å²) in [5, 5.41) is 0.942. The van der Waals surface area contributed by atoms with Crippen LogP contribution >= 0.6 is 0 Å². The predicted molar refractivity (Wildman–Crippen MR) is 122 cm³/mol. The van der Waals surface area contributed by atoms with Gasteiger partial charge >= 0.3 is 12.1 Å². The molecule has 0 bridgehead atoms. The van der Waals surface area contributed by atoms with E-state index in [1.54, 1.807) is 23.2 Å². The van der Waals surface area contributed by atoms with Gasteiger partial charge in [0, 0.05) is 55.1 Å². The molecule has 176 valence electrons. The smallest absolute Gasteiger partial charge is 0.416 e. The third-order valence-electron chi connectivity index (χ3n) is 5.57. The van der Waals surface area contributed by atoms with E-state index in [2.05, 4.69) is 4.98 Å². The second-order valence-electron chi connectivity index (χ2n) is 7.78. The lowest BCUT2D eigenvalue weighted by Crippen LogP contribution is -2.49. The van der Waals surface area contributed by atoms with Crippen LogP contribution in [0.3, 0.4) is 0 Å². The Bertz CT molecular complexity index is 1210. The lowest BCUT2D eigenvalue weighted by atomic mass is 10.1. The van der Waals surface area contributed by atoms with Crippen LogP contribution in [0.4, 0.5) is 18.9 Å². The fourth-order valence-electron chi connectivity index (χ4n) is 3.79. The summed E-state index contributed by atoms with van der Waals surface area (Å²) in [7, 11) is 0. The highest BCUT2D eigenvalue weighted by Gasteiger charge is 2.31. The molecule has 3 aromatic rings. The summed E-state index contributed by atoms with van der Waals surface area (Å²) in [4.78, 5) is 32.2. The first kappa shape index (κ1) is 23.3. The zero-order valence-corrected chi connectivity index (χ0v) is 18.2. The molecule has 1 fully saturated rings. The van der Waals surface area contributed by atoms with Crippen LogP contribution in [0.1, 0.15) is 11.1 Å². The van der Waals surface area contributed by atoms with Crippen molar-refractivity contribution in [3.63, 3.8) is 0 Å². The summed E-state index contributed by atoms with van der Waals surface area (Å²) in [6.07, 6.45) is 0.109. The van der Waals surface area contributed by atoms with Crippen LogP contribution in [-0.4, -0.2) is 54.5 Å². The van der Waals surface area contributed by atoms with E-state index in [0.29, 0.717) is 31.9 Å². The number of ether oxygens (including phenoxy) is 1. The summed E-state index contributed by atoms with van der Waals surface area (Å²) in [6.45, 7) is 1.01. The van der Waals surface area contributed by atoms with Crippen molar-refractivity contribution < 1.29 is 27.5 Å². The highest BCUT2D eigenvalue weighted by atomic mass is 19.4. The number of hydrogen-bond acceptors (Lipinski definition) is 5. The molecule has 9 heteroatoms. The molecule has 1 aliphatic rings. The molecule has 0 saturated carbocycles. The van der Waals surface area contributed by atoms with E-state index >= 15 is 0 Å².